The summed E-state index contributed by atoms with van der Waals surface area (Å²) >= 11 is 0. The van der Waals surface area contributed by atoms with Crippen molar-refractivity contribution in [2.75, 3.05) is 6.67 Å². The van der Waals surface area contributed by atoms with Crippen molar-refractivity contribution in [2.24, 2.45) is 0 Å². The average molecular weight is 180 g/mol. The SMILES string of the molecule is C1=CN(C2CCCCCCC2)CN1. The second-order valence-corrected chi connectivity index (χ2v) is 4.19. The lowest BCUT2D eigenvalue weighted by Gasteiger charge is -2.28. The van der Waals surface area contributed by atoms with Crippen molar-refractivity contribution in [1.82, 2.24) is 10.2 Å². The Morgan fingerprint density at radius 2 is 1.69 bits per heavy atom. The zero-order valence-electron chi connectivity index (χ0n) is 8.34. The predicted molar refractivity (Wildman–Crippen MR) is 55.1 cm³/mol. The molecule has 0 aromatic rings. The molecule has 0 aromatic carbocycles. The lowest BCUT2D eigenvalue weighted by Crippen LogP contribution is -2.32. The number of nitrogens with zero attached hydrogens (tertiary/aromatic N) is 1. The van der Waals surface area contributed by atoms with Crippen LogP contribution in [-0.4, -0.2) is 17.6 Å². The van der Waals surface area contributed by atoms with Gasteiger partial charge in [-0.2, -0.15) is 0 Å². The van der Waals surface area contributed by atoms with Crippen molar-refractivity contribution in [1.29, 1.82) is 0 Å². The number of rotatable bonds is 1. The monoisotopic (exact) mass is 180 g/mol. The maximum atomic E-state index is 3.25. The molecular weight excluding hydrogens is 160 g/mol. The van der Waals surface area contributed by atoms with Crippen molar-refractivity contribution in [3.63, 3.8) is 0 Å². The van der Waals surface area contributed by atoms with Gasteiger partial charge in [-0.05, 0) is 12.8 Å². The second-order valence-electron chi connectivity index (χ2n) is 4.19. The van der Waals surface area contributed by atoms with Crippen LogP contribution in [0.25, 0.3) is 0 Å². The van der Waals surface area contributed by atoms with E-state index in [-0.39, 0.29) is 0 Å². The minimum Gasteiger partial charge on any atom is -0.373 e. The van der Waals surface area contributed by atoms with Gasteiger partial charge in [0, 0.05) is 18.4 Å². The first-order valence-electron chi connectivity index (χ1n) is 5.62. The van der Waals surface area contributed by atoms with E-state index in [0.717, 1.165) is 12.7 Å². The van der Waals surface area contributed by atoms with E-state index in [1.165, 1.54) is 44.9 Å². The van der Waals surface area contributed by atoms with Crippen molar-refractivity contribution in [2.45, 2.75) is 51.0 Å². The normalized spacial score (nSPS) is 25.4. The van der Waals surface area contributed by atoms with Gasteiger partial charge in [0.05, 0.1) is 6.67 Å². The van der Waals surface area contributed by atoms with Crippen LogP contribution in [0.1, 0.15) is 44.9 Å². The third-order valence-electron chi connectivity index (χ3n) is 3.20. The van der Waals surface area contributed by atoms with E-state index in [1.807, 2.05) is 0 Å². The van der Waals surface area contributed by atoms with Gasteiger partial charge in [-0.1, -0.05) is 32.1 Å². The van der Waals surface area contributed by atoms with Crippen LogP contribution in [0.4, 0.5) is 0 Å². The van der Waals surface area contributed by atoms with Crippen LogP contribution >= 0.6 is 0 Å². The molecule has 0 atom stereocenters. The van der Waals surface area contributed by atoms with Crippen LogP contribution in [-0.2, 0) is 0 Å². The summed E-state index contributed by atoms with van der Waals surface area (Å²) in [6.45, 7) is 1.03. The van der Waals surface area contributed by atoms with E-state index < -0.39 is 0 Å². The van der Waals surface area contributed by atoms with Gasteiger partial charge >= 0.3 is 0 Å². The Kier molecular flexibility index (Phi) is 3.11. The quantitative estimate of drug-likeness (QED) is 0.666. The summed E-state index contributed by atoms with van der Waals surface area (Å²) in [4.78, 5) is 2.46. The molecule has 0 saturated heterocycles. The van der Waals surface area contributed by atoms with Gasteiger partial charge in [0.25, 0.3) is 0 Å². The van der Waals surface area contributed by atoms with Crippen LogP contribution in [0.15, 0.2) is 12.4 Å². The smallest absolute Gasteiger partial charge is 0.0870 e. The molecule has 74 valence electrons. The highest BCUT2D eigenvalue weighted by Gasteiger charge is 2.17. The standard InChI is InChI=1S/C11H20N2/c1-2-4-6-11(7-5-3-1)13-9-8-12-10-13/h8-9,11-12H,1-7,10H2. The fourth-order valence-corrected chi connectivity index (χ4v) is 2.38. The molecule has 1 saturated carbocycles. The highest BCUT2D eigenvalue weighted by molar-refractivity contribution is 4.91. The topological polar surface area (TPSA) is 15.3 Å². The minimum absolute atomic E-state index is 0.812. The molecule has 2 nitrogen and oxygen atoms in total. The fourth-order valence-electron chi connectivity index (χ4n) is 2.38. The summed E-state index contributed by atoms with van der Waals surface area (Å²) in [5.41, 5.74) is 0. The Balaban J connectivity index is 1.84. The molecule has 1 fully saturated rings. The van der Waals surface area contributed by atoms with Crippen molar-refractivity contribution < 1.29 is 0 Å². The van der Waals surface area contributed by atoms with E-state index in [2.05, 4.69) is 22.6 Å². The molecule has 0 amide bonds. The lowest BCUT2D eigenvalue weighted by atomic mass is 9.96. The molecule has 1 aliphatic heterocycles. The lowest BCUT2D eigenvalue weighted by molar-refractivity contribution is 0.238. The first kappa shape index (κ1) is 8.92. The first-order valence-corrected chi connectivity index (χ1v) is 5.62. The van der Waals surface area contributed by atoms with Gasteiger partial charge in [-0.15, -0.1) is 0 Å². The molecule has 0 spiro atoms. The summed E-state index contributed by atoms with van der Waals surface area (Å²) < 4.78 is 0. The van der Waals surface area contributed by atoms with Crippen molar-refractivity contribution >= 4 is 0 Å². The molecule has 1 heterocycles. The summed E-state index contributed by atoms with van der Waals surface area (Å²) in [5, 5.41) is 3.25. The minimum atomic E-state index is 0.812. The number of hydrogen-bond acceptors (Lipinski definition) is 2. The summed E-state index contributed by atoms with van der Waals surface area (Å²) in [6, 6.07) is 0.812. The van der Waals surface area contributed by atoms with Gasteiger partial charge in [0.1, 0.15) is 0 Å². The third-order valence-corrected chi connectivity index (χ3v) is 3.20. The van der Waals surface area contributed by atoms with Crippen LogP contribution in [0.3, 0.4) is 0 Å². The van der Waals surface area contributed by atoms with Gasteiger partial charge in [-0.3, -0.25) is 0 Å². The van der Waals surface area contributed by atoms with Crippen LogP contribution in [0, 0.1) is 0 Å². The Hall–Kier alpha value is -0.660. The highest BCUT2D eigenvalue weighted by Crippen LogP contribution is 2.21. The molecule has 1 aliphatic carbocycles. The van der Waals surface area contributed by atoms with E-state index in [0.29, 0.717) is 0 Å². The molecule has 2 aliphatic rings. The Bertz CT molecular complexity index is 169. The van der Waals surface area contributed by atoms with Crippen LogP contribution < -0.4 is 5.32 Å². The molecule has 0 radical (unpaired) electrons. The Morgan fingerprint density at radius 1 is 1.00 bits per heavy atom. The molecule has 0 aromatic heterocycles. The predicted octanol–water partition coefficient (Wildman–Crippen LogP) is 2.43. The zero-order chi connectivity index (χ0) is 8.93. The van der Waals surface area contributed by atoms with E-state index >= 15 is 0 Å². The summed E-state index contributed by atoms with van der Waals surface area (Å²) in [5.74, 6) is 0. The number of nitrogens with one attached hydrogen (secondary N) is 1. The Labute approximate surface area is 81.0 Å². The molecule has 1 N–H and O–H groups in total. The molecule has 0 unspecified atom stereocenters. The largest absolute Gasteiger partial charge is 0.373 e. The number of hydrogen-bond donors (Lipinski definition) is 1. The molecular formula is C11H20N2. The van der Waals surface area contributed by atoms with Crippen molar-refractivity contribution in [3.8, 4) is 0 Å². The molecule has 2 heteroatoms. The maximum Gasteiger partial charge on any atom is 0.0870 e. The van der Waals surface area contributed by atoms with Gasteiger partial charge < -0.3 is 10.2 Å². The van der Waals surface area contributed by atoms with Crippen LogP contribution in [0.2, 0.25) is 0 Å². The molecule has 0 bridgehead atoms. The van der Waals surface area contributed by atoms with Gasteiger partial charge in [0.2, 0.25) is 0 Å². The highest BCUT2D eigenvalue weighted by atomic mass is 15.3. The third kappa shape index (κ3) is 2.39. The van der Waals surface area contributed by atoms with Crippen molar-refractivity contribution in [3.05, 3.63) is 12.4 Å². The summed E-state index contributed by atoms with van der Waals surface area (Å²) in [7, 11) is 0. The Morgan fingerprint density at radius 3 is 2.31 bits per heavy atom. The van der Waals surface area contributed by atoms with Gasteiger partial charge in [0.15, 0.2) is 0 Å². The maximum absolute atomic E-state index is 3.25. The van der Waals surface area contributed by atoms with E-state index in [4.69, 9.17) is 0 Å². The zero-order valence-corrected chi connectivity index (χ0v) is 8.34. The van der Waals surface area contributed by atoms with E-state index in [9.17, 15) is 0 Å². The van der Waals surface area contributed by atoms with E-state index in [1.54, 1.807) is 0 Å². The molecule has 2 rings (SSSR count). The second kappa shape index (κ2) is 4.54. The fraction of sp³-hybridized carbons (Fsp3) is 0.818. The summed E-state index contributed by atoms with van der Waals surface area (Å²) in [6.07, 6.45) is 14.3. The average Bonchev–Trinajstić information content (AvgIpc) is 2.55. The van der Waals surface area contributed by atoms with Gasteiger partial charge in [-0.25, -0.2) is 0 Å². The first-order chi connectivity index (χ1) is 6.47. The molecule has 13 heavy (non-hydrogen) atoms. The van der Waals surface area contributed by atoms with Crippen LogP contribution in [0.5, 0.6) is 0 Å².